The molecule has 27 heavy (non-hydrogen) atoms. The number of halogens is 1. The summed E-state index contributed by atoms with van der Waals surface area (Å²) in [5.41, 5.74) is 0.168. The van der Waals surface area contributed by atoms with Gasteiger partial charge in [-0.05, 0) is 52.6 Å². The molecule has 1 aliphatic carbocycles. The van der Waals surface area contributed by atoms with Gasteiger partial charge in [0.1, 0.15) is 0 Å². The van der Waals surface area contributed by atoms with Crippen LogP contribution in [-0.4, -0.2) is 87.4 Å². The van der Waals surface area contributed by atoms with Gasteiger partial charge in [-0.1, -0.05) is 12.8 Å². The van der Waals surface area contributed by atoms with Crippen LogP contribution in [0.2, 0.25) is 0 Å². The second kappa shape index (κ2) is 11.2. The van der Waals surface area contributed by atoms with Crippen molar-refractivity contribution in [3.63, 3.8) is 0 Å². The van der Waals surface area contributed by atoms with E-state index in [1.165, 1.54) is 51.6 Å². The van der Waals surface area contributed by atoms with Crippen LogP contribution in [0.5, 0.6) is 0 Å². The van der Waals surface area contributed by atoms with Gasteiger partial charge in [-0.15, -0.1) is 24.0 Å². The van der Waals surface area contributed by atoms with E-state index in [0.717, 1.165) is 44.6 Å². The fourth-order valence-corrected chi connectivity index (χ4v) is 4.85. The Morgan fingerprint density at radius 2 is 1.74 bits per heavy atom. The smallest absolute Gasteiger partial charge is 0.191 e. The van der Waals surface area contributed by atoms with Crippen molar-refractivity contribution < 1.29 is 4.74 Å². The summed E-state index contributed by atoms with van der Waals surface area (Å²) in [6.07, 6.45) is 10.3. The Morgan fingerprint density at radius 3 is 2.30 bits per heavy atom. The quantitative estimate of drug-likeness (QED) is 0.350. The van der Waals surface area contributed by atoms with E-state index in [-0.39, 0.29) is 29.5 Å². The van der Waals surface area contributed by atoms with Crippen molar-refractivity contribution >= 4 is 29.9 Å². The van der Waals surface area contributed by atoms with Gasteiger partial charge >= 0.3 is 0 Å². The Kier molecular flexibility index (Phi) is 9.58. The molecule has 0 aromatic carbocycles. The molecule has 2 heterocycles. The third-order valence-electron chi connectivity index (χ3n) is 6.89. The molecular weight excluding hydrogens is 453 g/mol. The third kappa shape index (κ3) is 6.18. The van der Waals surface area contributed by atoms with Crippen molar-refractivity contribution in [2.45, 2.75) is 69.0 Å². The monoisotopic (exact) mass is 493 g/mol. The first-order chi connectivity index (χ1) is 12.6. The van der Waals surface area contributed by atoms with Gasteiger partial charge in [0.05, 0.1) is 0 Å². The van der Waals surface area contributed by atoms with E-state index in [4.69, 9.17) is 4.74 Å². The Hall–Kier alpha value is -0.120. The van der Waals surface area contributed by atoms with Crippen LogP contribution in [0.15, 0.2) is 4.99 Å². The number of nitrogens with zero attached hydrogens (tertiary/aromatic N) is 3. The summed E-state index contributed by atoms with van der Waals surface area (Å²) < 4.78 is 5.58. The molecular formula is C20H40IN5O. The fourth-order valence-electron chi connectivity index (χ4n) is 4.85. The molecule has 0 spiro atoms. The lowest BCUT2D eigenvalue weighted by atomic mass is 9.88. The second-order valence-corrected chi connectivity index (χ2v) is 8.55. The Morgan fingerprint density at radius 1 is 1.11 bits per heavy atom. The predicted molar refractivity (Wildman–Crippen MR) is 123 cm³/mol. The summed E-state index contributed by atoms with van der Waals surface area (Å²) >= 11 is 0. The lowest BCUT2D eigenvalue weighted by Crippen LogP contribution is -2.58. The van der Waals surface area contributed by atoms with Crippen molar-refractivity contribution in [2.75, 3.05) is 54.0 Å². The number of likely N-dealkylation sites (N-methyl/N-ethyl adjacent to an activating group) is 1. The van der Waals surface area contributed by atoms with Gasteiger partial charge in [0.2, 0.25) is 0 Å². The number of aliphatic imine (C=N–C) groups is 1. The Labute approximate surface area is 182 Å². The molecule has 0 unspecified atom stereocenters. The predicted octanol–water partition coefficient (Wildman–Crippen LogP) is 2.29. The minimum Gasteiger partial charge on any atom is -0.381 e. The summed E-state index contributed by atoms with van der Waals surface area (Å²) in [5, 5.41) is 7.28. The minimum absolute atomic E-state index is 0. The second-order valence-electron chi connectivity index (χ2n) is 8.55. The van der Waals surface area contributed by atoms with Gasteiger partial charge < -0.3 is 25.2 Å². The molecule has 1 saturated carbocycles. The number of likely N-dealkylation sites (tertiary alicyclic amines) is 1. The van der Waals surface area contributed by atoms with Gasteiger partial charge in [0.15, 0.2) is 5.96 Å². The largest absolute Gasteiger partial charge is 0.381 e. The zero-order valence-corrected chi connectivity index (χ0v) is 19.8. The first-order valence-corrected chi connectivity index (χ1v) is 10.6. The highest BCUT2D eigenvalue weighted by molar-refractivity contribution is 14.0. The SMILES string of the molecule is CN=C(NCC1(N(C)C)CCOCC1)NC1CCN(C2CCCC2)CC1.I. The maximum Gasteiger partial charge on any atom is 0.191 e. The Bertz CT molecular complexity index is 453. The zero-order chi connectivity index (χ0) is 18.4. The van der Waals surface area contributed by atoms with Crippen LogP contribution in [0.3, 0.4) is 0 Å². The third-order valence-corrected chi connectivity index (χ3v) is 6.89. The van der Waals surface area contributed by atoms with E-state index in [9.17, 15) is 0 Å². The number of rotatable bonds is 5. The summed E-state index contributed by atoms with van der Waals surface area (Å²) in [6, 6.07) is 1.41. The number of guanidine groups is 1. The molecule has 2 N–H and O–H groups in total. The number of ether oxygens (including phenoxy) is 1. The van der Waals surface area contributed by atoms with E-state index < -0.39 is 0 Å². The molecule has 3 rings (SSSR count). The zero-order valence-electron chi connectivity index (χ0n) is 17.5. The highest BCUT2D eigenvalue weighted by Gasteiger charge is 2.35. The van der Waals surface area contributed by atoms with E-state index in [1.54, 1.807) is 0 Å². The van der Waals surface area contributed by atoms with Crippen LogP contribution in [0.25, 0.3) is 0 Å². The molecule has 2 aliphatic heterocycles. The summed E-state index contributed by atoms with van der Waals surface area (Å²) in [5.74, 6) is 0.956. The molecule has 0 atom stereocenters. The molecule has 3 aliphatic rings. The molecule has 158 valence electrons. The van der Waals surface area contributed by atoms with Gasteiger partial charge in [-0.3, -0.25) is 4.99 Å². The van der Waals surface area contributed by atoms with Crippen LogP contribution in [0.4, 0.5) is 0 Å². The number of piperidine rings is 1. The molecule has 0 amide bonds. The van der Waals surface area contributed by atoms with Crippen LogP contribution in [0.1, 0.15) is 51.4 Å². The van der Waals surface area contributed by atoms with E-state index in [2.05, 4.69) is 39.5 Å². The van der Waals surface area contributed by atoms with Crippen molar-refractivity contribution in [1.29, 1.82) is 0 Å². The number of hydrogen-bond donors (Lipinski definition) is 2. The summed E-state index contributed by atoms with van der Waals surface area (Å²) in [7, 11) is 6.25. The summed E-state index contributed by atoms with van der Waals surface area (Å²) in [4.78, 5) is 9.57. The molecule has 7 heteroatoms. The van der Waals surface area contributed by atoms with Crippen LogP contribution in [-0.2, 0) is 4.74 Å². The maximum absolute atomic E-state index is 5.58. The summed E-state index contributed by atoms with van der Waals surface area (Å²) in [6.45, 7) is 5.09. The van der Waals surface area contributed by atoms with Gasteiger partial charge in [-0.2, -0.15) is 0 Å². The van der Waals surface area contributed by atoms with Gasteiger partial charge in [-0.25, -0.2) is 0 Å². The molecule has 0 aromatic rings. The first-order valence-electron chi connectivity index (χ1n) is 10.6. The standard InChI is InChI=1S/C20H39N5O.HI/c1-21-19(22-16-20(24(2)3)10-14-26-15-11-20)23-17-8-12-25(13-9-17)18-6-4-5-7-18;/h17-18H,4-16H2,1-3H3,(H2,21,22,23);1H. The van der Waals surface area contributed by atoms with Crippen molar-refractivity contribution in [1.82, 2.24) is 20.4 Å². The van der Waals surface area contributed by atoms with E-state index >= 15 is 0 Å². The normalized spacial score (nSPS) is 25.4. The van der Waals surface area contributed by atoms with Gasteiger partial charge in [0, 0.05) is 57.5 Å². The highest BCUT2D eigenvalue weighted by atomic mass is 127. The topological polar surface area (TPSA) is 52.1 Å². The average molecular weight is 493 g/mol. The minimum atomic E-state index is 0. The first kappa shape index (κ1) is 23.2. The van der Waals surface area contributed by atoms with Crippen LogP contribution < -0.4 is 10.6 Å². The molecule has 0 radical (unpaired) electrons. The lowest BCUT2D eigenvalue weighted by molar-refractivity contribution is -0.00504. The van der Waals surface area contributed by atoms with Crippen molar-refractivity contribution in [2.24, 2.45) is 4.99 Å². The number of nitrogens with one attached hydrogen (secondary N) is 2. The van der Waals surface area contributed by atoms with E-state index in [1.807, 2.05) is 7.05 Å². The van der Waals surface area contributed by atoms with Crippen LogP contribution in [0, 0.1) is 0 Å². The Balaban J connectivity index is 0.00000261. The molecule has 0 bridgehead atoms. The maximum atomic E-state index is 5.58. The molecule has 3 fully saturated rings. The lowest BCUT2D eigenvalue weighted by Gasteiger charge is -2.43. The van der Waals surface area contributed by atoms with Crippen LogP contribution >= 0.6 is 24.0 Å². The van der Waals surface area contributed by atoms with E-state index in [0.29, 0.717) is 6.04 Å². The van der Waals surface area contributed by atoms with Crippen molar-refractivity contribution in [3.8, 4) is 0 Å². The highest BCUT2D eigenvalue weighted by Crippen LogP contribution is 2.26. The van der Waals surface area contributed by atoms with Gasteiger partial charge in [0.25, 0.3) is 0 Å². The fraction of sp³-hybridized carbons (Fsp3) is 0.950. The molecule has 0 aromatic heterocycles. The molecule has 2 saturated heterocycles. The number of hydrogen-bond acceptors (Lipinski definition) is 4. The molecule has 6 nitrogen and oxygen atoms in total. The van der Waals surface area contributed by atoms with Crippen molar-refractivity contribution in [3.05, 3.63) is 0 Å². The average Bonchev–Trinajstić information content (AvgIpc) is 3.21.